The highest BCUT2D eigenvalue weighted by atomic mass is 35.5. The van der Waals surface area contributed by atoms with Crippen LogP contribution in [0, 0.1) is 0 Å². The van der Waals surface area contributed by atoms with Crippen LogP contribution in [0.25, 0.3) is 0 Å². The maximum absolute atomic E-state index is 11.1. The normalized spacial score (nSPS) is 13.4. The molecule has 4 heteroatoms. The Morgan fingerprint density at radius 1 is 1.22 bits per heavy atom. The number of halogens is 1. The summed E-state index contributed by atoms with van der Waals surface area (Å²) in [6, 6.07) is 6.26. The number of hydrogen-bond donors (Lipinski definition) is 2. The number of carbonyl (C=O) groups excluding carboxylic acids is 1. The van der Waals surface area contributed by atoms with Crippen LogP contribution in [0.15, 0.2) is 41.2 Å². The molecule has 2 rings (SSSR count). The average molecular weight is 391 g/mol. The van der Waals surface area contributed by atoms with E-state index in [0.717, 1.165) is 36.4 Å². The largest absolute Gasteiger partial charge is 0.402 e. The SMILES string of the molecule is CC.CCNC(CCc1ccc(Cl)c(CC/C(N)=C/C(C)=O)c1)=C1CCC1. The summed E-state index contributed by atoms with van der Waals surface area (Å²) in [6.07, 6.45) is 8.77. The lowest BCUT2D eigenvalue weighted by Gasteiger charge is -2.23. The van der Waals surface area contributed by atoms with E-state index in [1.165, 1.54) is 43.5 Å². The lowest BCUT2D eigenvalue weighted by atomic mass is 9.88. The third kappa shape index (κ3) is 8.21. The first-order chi connectivity index (χ1) is 13.0. The molecule has 3 nitrogen and oxygen atoms in total. The zero-order chi connectivity index (χ0) is 20.2. The number of ketones is 1. The van der Waals surface area contributed by atoms with Crippen LogP contribution in [0.3, 0.4) is 0 Å². The molecule has 0 saturated heterocycles. The molecule has 3 N–H and O–H groups in total. The molecule has 0 heterocycles. The zero-order valence-electron chi connectivity index (χ0n) is 17.3. The monoisotopic (exact) mass is 390 g/mol. The second-order valence-electron chi connectivity index (χ2n) is 6.72. The highest BCUT2D eigenvalue weighted by molar-refractivity contribution is 6.31. The number of allylic oxidation sites excluding steroid dienone is 4. The number of rotatable bonds is 9. The summed E-state index contributed by atoms with van der Waals surface area (Å²) >= 11 is 6.33. The van der Waals surface area contributed by atoms with Crippen LogP contribution in [-0.4, -0.2) is 12.3 Å². The number of carbonyl (C=O) groups is 1. The Labute approximate surface area is 170 Å². The van der Waals surface area contributed by atoms with E-state index in [0.29, 0.717) is 12.1 Å². The molecular weight excluding hydrogens is 356 g/mol. The topological polar surface area (TPSA) is 55.1 Å². The maximum Gasteiger partial charge on any atom is 0.154 e. The van der Waals surface area contributed by atoms with Gasteiger partial charge >= 0.3 is 0 Å². The Balaban J connectivity index is 0.00000176. The van der Waals surface area contributed by atoms with Gasteiger partial charge in [0.15, 0.2) is 5.78 Å². The molecule has 0 aliphatic heterocycles. The van der Waals surface area contributed by atoms with Crippen LogP contribution in [0.5, 0.6) is 0 Å². The van der Waals surface area contributed by atoms with Gasteiger partial charge in [-0.3, -0.25) is 4.79 Å². The van der Waals surface area contributed by atoms with Gasteiger partial charge < -0.3 is 11.1 Å². The van der Waals surface area contributed by atoms with Gasteiger partial charge in [-0.1, -0.05) is 43.2 Å². The predicted molar refractivity (Wildman–Crippen MR) is 117 cm³/mol. The fourth-order valence-electron chi connectivity index (χ4n) is 3.12. The van der Waals surface area contributed by atoms with E-state index in [2.05, 4.69) is 24.4 Å². The van der Waals surface area contributed by atoms with Crippen molar-refractivity contribution in [3.05, 3.63) is 57.4 Å². The van der Waals surface area contributed by atoms with Crippen molar-refractivity contribution in [2.45, 2.75) is 72.6 Å². The first-order valence-electron chi connectivity index (χ1n) is 10.2. The molecule has 1 aromatic carbocycles. The van der Waals surface area contributed by atoms with Crippen molar-refractivity contribution in [2.24, 2.45) is 5.73 Å². The predicted octanol–water partition coefficient (Wildman–Crippen LogP) is 5.71. The first kappa shape index (κ1) is 23.3. The molecule has 0 aromatic heterocycles. The Morgan fingerprint density at radius 3 is 2.48 bits per heavy atom. The third-order valence-corrected chi connectivity index (χ3v) is 4.99. The molecule has 1 fully saturated rings. The van der Waals surface area contributed by atoms with Gasteiger partial charge in [-0.2, -0.15) is 0 Å². The van der Waals surface area contributed by atoms with Crippen molar-refractivity contribution in [1.29, 1.82) is 0 Å². The van der Waals surface area contributed by atoms with Crippen LogP contribution in [0.1, 0.15) is 70.9 Å². The third-order valence-electron chi connectivity index (χ3n) is 4.62. The van der Waals surface area contributed by atoms with Gasteiger partial charge in [0, 0.05) is 23.0 Å². The van der Waals surface area contributed by atoms with Gasteiger partial charge in [0.1, 0.15) is 0 Å². The lowest BCUT2D eigenvalue weighted by Crippen LogP contribution is -2.18. The second kappa shape index (κ2) is 12.6. The molecule has 0 radical (unpaired) electrons. The van der Waals surface area contributed by atoms with Crippen LogP contribution in [-0.2, 0) is 17.6 Å². The van der Waals surface area contributed by atoms with Crippen molar-refractivity contribution in [3.63, 3.8) is 0 Å². The molecular formula is C23H35ClN2O. The molecule has 150 valence electrons. The van der Waals surface area contributed by atoms with E-state index in [-0.39, 0.29) is 5.78 Å². The van der Waals surface area contributed by atoms with E-state index in [9.17, 15) is 4.79 Å². The second-order valence-corrected chi connectivity index (χ2v) is 7.13. The molecule has 0 atom stereocenters. The Kier molecular flexibility index (Phi) is 10.9. The van der Waals surface area contributed by atoms with Gasteiger partial charge in [-0.15, -0.1) is 0 Å². The minimum atomic E-state index is -0.0164. The van der Waals surface area contributed by atoms with Crippen LogP contribution in [0.4, 0.5) is 0 Å². The molecule has 0 amide bonds. The lowest BCUT2D eigenvalue weighted by molar-refractivity contribution is -0.112. The van der Waals surface area contributed by atoms with Crippen molar-refractivity contribution >= 4 is 17.4 Å². The molecule has 1 saturated carbocycles. The first-order valence-corrected chi connectivity index (χ1v) is 10.6. The summed E-state index contributed by atoms with van der Waals surface area (Å²) in [5, 5.41) is 4.30. The van der Waals surface area contributed by atoms with Crippen molar-refractivity contribution in [3.8, 4) is 0 Å². The minimum Gasteiger partial charge on any atom is -0.402 e. The number of hydrogen-bond acceptors (Lipinski definition) is 3. The Hall–Kier alpha value is -1.74. The number of benzene rings is 1. The number of aryl methyl sites for hydroxylation is 2. The Morgan fingerprint density at radius 2 is 1.93 bits per heavy atom. The summed E-state index contributed by atoms with van der Waals surface area (Å²) in [6.45, 7) is 8.64. The van der Waals surface area contributed by atoms with Crippen molar-refractivity contribution in [2.75, 3.05) is 6.54 Å². The van der Waals surface area contributed by atoms with E-state index in [1.807, 2.05) is 19.9 Å². The van der Waals surface area contributed by atoms with E-state index in [4.69, 9.17) is 17.3 Å². The fraction of sp³-hybridized carbons (Fsp3) is 0.522. The average Bonchev–Trinajstić information content (AvgIpc) is 2.59. The standard InChI is InChI=1S/C21H29ClN2O.C2H6/c1-3-24-21(17-5-4-6-17)12-8-16-7-11-20(22)18(14-16)9-10-19(23)13-15(2)25;1-2/h7,11,13-14,24H,3-6,8-10,12,23H2,1-2H3;1-2H3/b19-13-;. The van der Waals surface area contributed by atoms with Crippen LogP contribution >= 0.6 is 11.6 Å². The van der Waals surface area contributed by atoms with Gasteiger partial charge in [0.2, 0.25) is 0 Å². The van der Waals surface area contributed by atoms with E-state index < -0.39 is 0 Å². The molecule has 27 heavy (non-hydrogen) atoms. The Bertz CT molecular complexity index is 671. The summed E-state index contributed by atoms with van der Waals surface area (Å²) < 4.78 is 0. The molecule has 0 bridgehead atoms. The molecule has 1 aliphatic carbocycles. The summed E-state index contributed by atoms with van der Waals surface area (Å²) in [5.41, 5.74) is 11.9. The van der Waals surface area contributed by atoms with Crippen molar-refractivity contribution < 1.29 is 4.79 Å². The van der Waals surface area contributed by atoms with Gasteiger partial charge in [-0.25, -0.2) is 0 Å². The van der Waals surface area contributed by atoms with Crippen LogP contribution < -0.4 is 11.1 Å². The van der Waals surface area contributed by atoms with Crippen molar-refractivity contribution in [1.82, 2.24) is 5.32 Å². The fourth-order valence-corrected chi connectivity index (χ4v) is 3.33. The van der Waals surface area contributed by atoms with Gasteiger partial charge in [-0.05, 0) is 82.1 Å². The minimum absolute atomic E-state index is 0.0164. The van der Waals surface area contributed by atoms with E-state index >= 15 is 0 Å². The van der Waals surface area contributed by atoms with Gasteiger partial charge in [0.05, 0.1) is 0 Å². The van der Waals surface area contributed by atoms with Gasteiger partial charge in [0.25, 0.3) is 0 Å². The van der Waals surface area contributed by atoms with E-state index in [1.54, 1.807) is 5.57 Å². The summed E-state index contributed by atoms with van der Waals surface area (Å²) in [5.74, 6) is -0.0164. The quantitative estimate of drug-likeness (QED) is 0.531. The van der Waals surface area contributed by atoms with Crippen LogP contribution in [0.2, 0.25) is 5.02 Å². The summed E-state index contributed by atoms with van der Waals surface area (Å²) in [7, 11) is 0. The molecule has 0 spiro atoms. The smallest absolute Gasteiger partial charge is 0.154 e. The zero-order valence-corrected chi connectivity index (χ0v) is 18.1. The highest BCUT2D eigenvalue weighted by Gasteiger charge is 2.14. The number of nitrogens with one attached hydrogen (secondary N) is 1. The molecule has 0 unspecified atom stereocenters. The number of nitrogens with two attached hydrogens (primary N) is 1. The summed E-state index contributed by atoms with van der Waals surface area (Å²) in [4.78, 5) is 11.1. The maximum atomic E-state index is 11.1. The highest BCUT2D eigenvalue weighted by Crippen LogP contribution is 2.30. The molecule has 1 aliphatic rings. The molecule has 1 aromatic rings.